The fraction of sp³-hybridized carbons (Fsp3) is 0.571. The highest BCUT2D eigenvalue weighted by Crippen LogP contribution is 2.31. The summed E-state index contributed by atoms with van der Waals surface area (Å²) < 4.78 is 0. The minimum absolute atomic E-state index is 0.189. The van der Waals surface area contributed by atoms with Crippen molar-refractivity contribution in [1.82, 2.24) is 0 Å². The molecule has 2 N–H and O–H groups in total. The fourth-order valence-corrected chi connectivity index (χ4v) is 2.61. The van der Waals surface area contributed by atoms with Gasteiger partial charge in [-0.3, -0.25) is 0 Å². The molecule has 3 nitrogen and oxygen atoms in total. The minimum atomic E-state index is -0.465. The van der Waals surface area contributed by atoms with E-state index in [4.69, 9.17) is 0 Å². The molecule has 1 aliphatic heterocycles. The summed E-state index contributed by atoms with van der Waals surface area (Å²) in [5, 5.41) is 19.3. The maximum Gasteiger partial charge on any atom is 0.0781 e. The van der Waals surface area contributed by atoms with E-state index < -0.39 is 6.10 Å². The van der Waals surface area contributed by atoms with Crippen LogP contribution in [0.2, 0.25) is 0 Å². The summed E-state index contributed by atoms with van der Waals surface area (Å²) in [4.78, 5) is 2.24. The average molecular weight is 235 g/mol. The Balaban J connectivity index is 2.31. The number of benzene rings is 1. The topological polar surface area (TPSA) is 43.7 Å². The molecule has 3 heteroatoms. The molecule has 2 rings (SSSR count). The molecule has 0 saturated carbocycles. The van der Waals surface area contributed by atoms with E-state index in [0.29, 0.717) is 0 Å². The van der Waals surface area contributed by atoms with Gasteiger partial charge in [-0.1, -0.05) is 18.2 Å². The van der Waals surface area contributed by atoms with Gasteiger partial charge in [0.15, 0.2) is 0 Å². The van der Waals surface area contributed by atoms with Gasteiger partial charge in [-0.05, 0) is 32.3 Å². The van der Waals surface area contributed by atoms with Crippen LogP contribution in [0.4, 0.5) is 5.69 Å². The van der Waals surface area contributed by atoms with Crippen molar-refractivity contribution in [2.24, 2.45) is 0 Å². The highest BCUT2D eigenvalue weighted by atomic mass is 16.3. The largest absolute Gasteiger partial charge is 0.394 e. The molecule has 0 amide bonds. The summed E-state index contributed by atoms with van der Waals surface area (Å²) in [6.45, 7) is 2.94. The Kier molecular flexibility index (Phi) is 4.02. The van der Waals surface area contributed by atoms with Gasteiger partial charge in [0.05, 0.1) is 18.8 Å². The molecule has 0 radical (unpaired) electrons. The zero-order valence-electron chi connectivity index (χ0n) is 10.3. The molecule has 0 aromatic heterocycles. The number of aliphatic hydroxyl groups is 2. The first-order valence-corrected chi connectivity index (χ1v) is 6.38. The van der Waals surface area contributed by atoms with Crippen molar-refractivity contribution in [1.29, 1.82) is 0 Å². The van der Waals surface area contributed by atoms with Crippen molar-refractivity contribution in [3.05, 3.63) is 29.8 Å². The summed E-state index contributed by atoms with van der Waals surface area (Å²) in [5.41, 5.74) is 2.02. The molecule has 0 bridgehead atoms. The molecule has 94 valence electrons. The lowest BCUT2D eigenvalue weighted by Gasteiger charge is -2.38. The number of nitrogens with zero attached hydrogens (tertiary/aromatic N) is 1. The first-order valence-electron chi connectivity index (χ1n) is 6.38. The maximum absolute atomic E-state index is 9.80. The number of para-hydroxylation sites is 1. The molecule has 1 saturated heterocycles. The van der Waals surface area contributed by atoms with Gasteiger partial charge in [0.25, 0.3) is 0 Å². The van der Waals surface area contributed by atoms with E-state index in [-0.39, 0.29) is 12.6 Å². The van der Waals surface area contributed by atoms with E-state index in [1.165, 1.54) is 6.42 Å². The first-order chi connectivity index (χ1) is 8.24. The van der Waals surface area contributed by atoms with E-state index in [2.05, 4.69) is 4.90 Å². The third kappa shape index (κ3) is 2.61. The third-order valence-electron chi connectivity index (χ3n) is 3.53. The van der Waals surface area contributed by atoms with Gasteiger partial charge < -0.3 is 15.1 Å². The molecular weight excluding hydrogens is 214 g/mol. The predicted octanol–water partition coefficient (Wildman–Crippen LogP) is 2.09. The van der Waals surface area contributed by atoms with Gasteiger partial charge in [0, 0.05) is 17.8 Å². The minimum Gasteiger partial charge on any atom is -0.394 e. The van der Waals surface area contributed by atoms with Gasteiger partial charge in [0.2, 0.25) is 0 Å². The number of anilines is 1. The van der Waals surface area contributed by atoms with Crippen LogP contribution >= 0.6 is 0 Å². The van der Waals surface area contributed by atoms with Crippen LogP contribution in [0.15, 0.2) is 24.3 Å². The van der Waals surface area contributed by atoms with E-state index in [9.17, 15) is 10.2 Å². The molecule has 1 heterocycles. The van der Waals surface area contributed by atoms with E-state index in [1.54, 1.807) is 6.92 Å². The van der Waals surface area contributed by atoms with Crippen LogP contribution in [0.5, 0.6) is 0 Å². The Bertz CT molecular complexity index is 365. The van der Waals surface area contributed by atoms with Gasteiger partial charge >= 0.3 is 0 Å². The molecule has 0 spiro atoms. The summed E-state index contributed by atoms with van der Waals surface area (Å²) in [6.07, 6.45) is 2.90. The van der Waals surface area contributed by atoms with Crippen molar-refractivity contribution in [3.8, 4) is 0 Å². The second-order valence-corrected chi connectivity index (χ2v) is 4.76. The second kappa shape index (κ2) is 5.52. The Morgan fingerprint density at radius 1 is 1.35 bits per heavy atom. The van der Waals surface area contributed by atoms with Crippen LogP contribution in [0.3, 0.4) is 0 Å². The summed E-state index contributed by atoms with van der Waals surface area (Å²) in [7, 11) is 0. The molecule has 0 aliphatic carbocycles. The molecule has 1 aromatic carbocycles. The Morgan fingerprint density at radius 3 is 2.82 bits per heavy atom. The zero-order valence-corrected chi connectivity index (χ0v) is 10.3. The predicted molar refractivity (Wildman–Crippen MR) is 69.1 cm³/mol. The van der Waals surface area contributed by atoms with Crippen molar-refractivity contribution >= 4 is 5.69 Å². The molecule has 17 heavy (non-hydrogen) atoms. The van der Waals surface area contributed by atoms with E-state index >= 15 is 0 Å². The molecule has 1 aliphatic rings. The van der Waals surface area contributed by atoms with Crippen molar-refractivity contribution in [3.63, 3.8) is 0 Å². The van der Waals surface area contributed by atoms with E-state index in [0.717, 1.165) is 30.6 Å². The summed E-state index contributed by atoms with van der Waals surface area (Å²) >= 11 is 0. The Labute approximate surface area is 103 Å². The van der Waals surface area contributed by atoms with Crippen LogP contribution < -0.4 is 4.90 Å². The monoisotopic (exact) mass is 235 g/mol. The molecular formula is C14H21NO2. The molecule has 1 aromatic rings. The first kappa shape index (κ1) is 12.4. The lowest BCUT2D eigenvalue weighted by Crippen LogP contribution is -2.42. The van der Waals surface area contributed by atoms with E-state index in [1.807, 2.05) is 24.3 Å². The quantitative estimate of drug-likeness (QED) is 0.843. The van der Waals surface area contributed by atoms with Crippen LogP contribution in [-0.2, 0) is 0 Å². The lowest BCUT2D eigenvalue weighted by molar-refractivity contribution is 0.198. The average Bonchev–Trinajstić information content (AvgIpc) is 2.38. The Hall–Kier alpha value is -1.06. The summed E-state index contributed by atoms with van der Waals surface area (Å²) in [5.74, 6) is 0. The number of hydrogen-bond acceptors (Lipinski definition) is 3. The third-order valence-corrected chi connectivity index (χ3v) is 3.53. The second-order valence-electron chi connectivity index (χ2n) is 4.76. The van der Waals surface area contributed by atoms with Crippen LogP contribution in [0.25, 0.3) is 0 Å². The van der Waals surface area contributed by atoms with Crippen molar-refractivity contribution in [2.45, 2.75) is 38.3 Å². The number of aliphatic hydroxyl groups excluding tert-OH is 2. The zero-order chi connectivity index (χ0) is 12.3. The number of piperidine rings is 1. The standard InChI is InChI=1S/C14H21NO2/c1-11(17)13-7-2-3-8-14(13)15-9-5-4-6-12(15)10-16/h2-3,7-8,11-12,16-17H,4-6,9-10H2,1H3. The SMILES string of the molecule is CC(O)c1ccccc1N1CCCCC1CO. The fourth-order valence-electron chi connectivity index (χ4n) is 2.61. The van der Waals surface area contributed by atoms with Crippen LogP contribution in [0, 0.1) is 0 Å². The molecule has 2 unspecified atom stereocenters. The Morgan fingerprint density at radius 2 is 2.12 bits per heavy atom. The van der Waals surface area contributed by atoms with Gasteiger partial charge in [-0.2, -0.15) is 0 Å². The van der Waals surface area contributed by atoms with Gasteiger partial charge in [0.1, 0.15) is 0 Å². The smallest absolute Gasteiger partial charge is 0.0781 e. The maximum atomic E-state index is 9.80. The van der Waals surface area contributed by atoms with Crippen molar-refractivity contribution in [2.75, 3.05) is 18.1 Å². The number of hydrogen-bond donors (Lipinski definition) is 2. The normalized spacial score (nSPS) is 22.5. The number of rotatable bonds is 3. The lowest BCUT2D eigenvalue weighted by atomic mass is 9.99. The summed E-state index contributed by atoms with van der Waals surface area (Å²) in [6, 6.07) is 8.14. The van der Waals surface area contributed by atoms with Crippen LogP contribution in [-0.4, -0.2) is 29.4 Å². The highest BCUT2D eigenvalue weighted by molar-refractivity contribution is 5.55. The molecule has 1 fully saturated rings. The van der Waals surface area contributed by atoms with Crippen molar-refractivity contribution < 1.29 is 10.2 Å². The molecule has 2 atom stereocenters. The van der Waals surface area contributed by atoms with Gasteiger partial charge in [-0.15, -0.1) is 0 Å². The highest BCUT2D eigenvalue weighted by Gasteiger charge is 2.24. The van der Waals surface area contributed by atoms with Gasteiger partial charge in [-0.25, -0.2) is 0 Å². The van der Waals surface area contributed by atoms with Crippen LogP contribution in [0.1, 0.15) is 37.9 Å².